The molecule has 2 aromatic heterocycles. The van der Waals surface area contributed by atoms with Crippen molar-refractivity contribution in [2.24, 2.45) is 0 Å². The summed E-state index contributed by atoms with van der Waals surface area (Å²) < 4.78 is 10.6. The third kappa shape index (κ3) is 3.24. The van der Waals surface area contributed by atoms with Crippen molar-refractivity contribution >= 4 is 11.3 Å². The predicted octanol–water partition coefficient (Wildman–Crippen LogP) is 3.01. The quantitative estimate of drug-likeness (QED) is 0.882. The normalized spacial score (nSPS) is 12.2. The summed E-state index contributed by atoms with van der Waals surface area (Å²) in [6.45, 7) is 2.78. The highest BCUT2D eigenvalue weighted by atomic mass is 32.1. The highest BCUT2D eigenvalue weighted by Gasteiger charge is 2.12. The van der Waals surface area contributed by atoms with Crippen molar-refractivity contribution < 1.29 is 9.47 Å². The summed E-state index contributed by atoms with van der Waals surface area (Å²) >= 11 is 1.74. The zero-order chi connectivity index (χ0) is 13.7. The second-order valence-corrected chi connectivity index (χ2v) is 5.09. The number of nitrogens with zero attached hydrogens (tertiary/aromatic N) is 1. The van der Waals surface area contributed by atoms with Crippen molar-refractivity contribution in [2.75, 3.05) is 14.2 Å². The first-order valence-corrected chi connectivity index (χ1v) is 6.97. The summed E-state index contributed by atoms with van der Waals surface area (Å²) in [7, 11) is 3.26. The number of pyridine rings is 1. The van der Waals surface area contributed by atoms with Crippen molar-refractivity contribution in [3.63, 3.8) is 0 Å². The van der Waals surface area contributed by atoms with Crippen LogP contribution < -0.4 is 14.8 Å². The van der Waals surface area contributed by atoms with E-state index in [1.54, 1.807) is 37.8 Å². The second kappa shape index (κ2) is 6.54. The first-order chi connectivity index (χ1) is 9.26. The number of nitrogens with one attached hydrogen (secondary N) is 1. The average Bonchev–Trinajstić information content (AvgIpc) is 2.98. The first-order valence-electron chi connectivity index (χ1n) is 6.09. The number of hydrogen-bond acceptors (Lipinski definition) is 5. The molecule has 0 fully saturated rings. The molecule has 102 valence electrons. The molecule has 0 spiro atoms. The molecule has 0 saturated carbocycles. The van der Waals surface area contributed by atoms with Gasteiger partial charge in [-0.3, -0.25) is 4.98 Å². The predicted molar refractivity (Wildman–Crippen MR) is 76.9 cm³/mol. The zero-order valence-corrected chi connectivity index (χ0v) is 12.2. The summed E-state index contributed by atoms with van der Waals surface area (Å²) in [6, 6.07) is 6.27. The van der Waals surface area contributed by atoms with E-state index in [0.717, 1.165) is 5.69 Å². The van der Waals surface area contributed by atoms with Gasteiger partial charge in [-0.1, -0.05) is 6.07 Å². The van der Waals surface area contributed by atoms with E-state index in [-0.39, 0.29) is 6.04 Å². The van der Waals surface area contributed by atoms with Crippen molar-refractivity contribution in [3.8, 4) is 11.5 Å². The Balaban J connectivity index is 2.07. The maximum Gasteiger partial charge on any atom is 0.183 e. The monoisotopic (exact) mass is 278 g/mol. The van der Waals surface area contributed by atoms with Crippen LogP contribution in [0.15, 0.2) is 29.8 Å². The minimum Gasteiger partial charge on any atom is -0.493 e. The molecule has 2 heterocycles. The van der Waals surface area contributed by atoms with Crippen LogP contribution in [0.1, 0.15) is 23.5 Å². The Morgan fingerprint density at radius 1 is 1.32 bits per heavy atom. The molecule has 5 heteroatoms. The van der Waals surface area contributed by atoms with Gasteiger partial charge in [-0.25, -0.2) is 0 Å². The third-order valence-corrected chi connectivity index (χ3v) is 3.97. The molecule has 2 rings (SSSR count). The van der Waals surface area contributed by atoms with E-state index in [1.807, 2.05) is 0 Å². The number of methoxy groups -OCH3 is 2. The van der Waals surface area contributed by atoms with E-state index in [2.05, 4.69) is 34.7 Å². The van der Waals surface area contributed by atoms with E-state index >= 15 is 0 Å². The van der Waals surface area contributed by atoms with E-state index < -0.39 is 0 Å². The van der Waals surface area contributed by atoms with Crippen LogP contribution in [0.25, 0.3) is 0 Å². The lowest BCUT2D eigenvalue weighted by Crippen LogP contribution is -2.18. The van der Waals surface area contributed by atoms with Gasteiger partial charge in [0.2, 0.25) is 0 Å². The van der Waals surface area contributed by atoms with Crippen LogP contribution in [-0.2, 0) is 6.54 Å². The highest BCUT2D eigenvalue weighted by molar-refractivity contribution is 7.10. The molecule has 0 aliphatic rings. The van der Waals surface area contributed by atoms with Gasteiger partial charge in [0, 0.05) is 29.7 Å². The topological polar surface area (TPSA) is 43.4 Å². The van der Waals surface area contributed by atoms with Crippen LogP contribution in [0.4, 0.5) is 0 Å². The maximum absolute atomic E-state index is 5.37. The summed E-state index contributed by atoms with van der Waals surface area (Å²) in [5.41, 5.74) is 0.852. The van der Waals surface area contributed by atoms with Crippen LogP contribution in [0.3, 0.4) is 0 Å². The van der Waals surface area contributed by atoms with Gasteiger partial charge in [-0.05, 0) is 18.4 Å². The fourth-order valence-corrected chi connectivity index (χ4v) is 2.62. The number of thiophene rings is 1. The number of ether oxygens (including phenoxy) is 2. The molecule has 4 nitrogen and oxygen atoms in total. The Bertz CT molecular complexity index is 514. The molecule has 0 aliphatic heterocycles. The molecule has 0 radical (unpaired) electrons. The van der Waals surface area contributed by atoms with Crippen molar-refractivity contribution in [3.05, 3.63) is 40.3 Å². The molecular formula is C14H18N2O2S. The van der Waals surface area contributed by atoms with Crippen molar-refractivity contribution in [2.45, 2.75) is 19.5 Å². The molecule has 1 atom stereocenters. The second-order valence-electron chi connectivity index (χ2n) is 4.11. The fourth-order valence-electron chi connectivity index (χ4n) is 1.86. The fraction of sp³-hybridized carbons (Fsp3) is 0.357. The molecule has 0 aromatic carbocycles. The minimum atomic E-state index is 0.290. The van der Waals surface area contributed by atoms with Gasteiger partial charge in [0.1, 0.15) is 0 Å². The Kier molecular flexibility index (Phi) is 4.76. The summed E-state index contributed by atoms with van der Waals surface area (Å²) in [5, 5.41) is 5.52. The Hall–Kier alpha value is -1.59. The Morgan fingerprint density at radius 3 is 2.79 bits per heavy atom. The smallest absolute Gasteiger partial charge is 0.183 e. The van der Waals surface area contributed by atoms with Gasteiger partial charge in [0.05, 0.1) is 19.9 Å². The lowest BCUT2D eigenvalue weighted by molar-refractivity contribution is 0.347. The largest absolute Gasteiger partial charge is 0.493 e. The first kappa shape index (κ1) is 13.8. The average molecular weight is 278 g/mol. The number of hydrogen-bond donors (Lipinski definition) is 1. The molecule has 1 N–H and O–H groups in total. The van der Waals surface area contributed by atoms with Crippen LogP contribution in [0, 0.1) is 0 Å². The van der Waals surface area contributed by atoms with E-state index in [9.17, 15) is 0 Å². The van der Waals surface area contributed by atoms with Crippen LogP contribution in [0.2, 0.25) is 0 Å². The van der Waals surface area contributed by atoms with Gasteiger partial charge >= 0.3 is 0 Å². The van der Waals surface area contributed by atoms with Crippen molar-refractivity contribution in [1.82, 2.24) is 10.3 Å². The molecule has 0 bridgehead atoms. The molecule has 2 aromatic rings. The molecule has 0 saturated heterocycles. The zero-order valence-electron chi connectivity index (χ0n) is 11.3. The van der Waals surface area contributed by atoms with Gasteiger partial charge in [0.15, 0.2) is 11.5 Å². The molecule has 19 heavy (non-hydrogen) atoms. The number of rotatable bonds is 6. The van der Waals surface area contributed by atoms with Gasteiger partial charge in [0.25, 0.3) is 0 Å². The molecule has 0 amide bonds. The van der Waals surface area contributed by atoms with E-state index in [4.69, 9.17) is 9.47 Å². The Morgan fingerprint density at radius 2 is 2.16 bits per heavy atom. The van der Waals surface area contributed by atoms with Crippen LogP contribution in [-0.4, -0.2) is 19.2 Å². The molecular weight excluding hydrogens is 260 g/mol. The lowest BCUT2D eigenvalue weighted by atomic mass is 10.2. The standard InChI is InChI=1S/C14H18N2O2S/c1-10(13-5-4-8-19-13)16-9-11-14(18-3)12(17-2)6-7-15-11/h4-8,10,16H,9H2,1-3H3/t10-/m1/s1. The Labute approximate surface area is 117 Å². The highest BCUT2D eigenvalue weighted by Crippen LogP contribution is 2.29. The van der Waals surface area contributed by atoms with E-state index in [0.29, 0.717) is 18.0 Å². The maximum atomic E-state index is 5.37. The molecule has 0 unspecified atom stereocenters. The van der Waals surface area contributed by atoms with E-state index in [1.165, 1.54) is 4.88 Å². The summed E-state index contributed by atoms with van der Waals surface area (Å²) in [5.74, 6) is 1.40. The van der Waals surface area contributed by atoms with Gasteiger partial charge in [-0.15, -0.1) is 11.3 Å². The summed E-state index contributed by atoms with van der Waals surface area (Å²) in [4.78, 5) is 5.65. The molecule has 0 aliphatic carbocycles. The summed E-state index contributed by atoms with van der Waals surface area (Å²) in [6.07, 6.45) is 1.73. The third-order valence-electron chi connectivity index (χ3n) is 2.91. The van der Waals surface area contributed by atoms with Crippen LogP contribution >= 0.6 is 11.3 Å². The van der Waals surface area contributed by atoms with Crippen LogP contribution in [0.5, 0.6) is 11.5 Å². The minimum absolute atomic E-state index is 0.290. The van der Waals surface area contributed by atoms with Gasteiger partial charge in [-0.2, -0.15) is 0 Å². The number of aromatic nitrogens is 1. The lowest BCUT2D eigenvalue weighted by Gasteiger charge is -2.15. The SMILES string of the molecule is COc1ccnc(CN[C@H](C)c2cccs2)c1OC. The van der Waals surface area contributed by atoms with Crippen molar-refractivity contribution in [1.29, 1.82) is 0 Å². The van der Waals surface area contributed by atoms with Gasteiger partial charge < -0.3 is 14.8 Å².